The van der Waals surface area contributed by atoms with Crippen molar-refractivity contribution in [3.8, 4) is 23.0 Å². The van der Waals surface area contributed by atoms with Crippen molar-refractivity contribution in [2.45, 2.75) is 56.8 Å². The standard InChI is InChI=1S/C26H34N2O5/c1-30-22-10-8-17(9-11-22)16-28-20-6-5-7-21(28)15-19(14-20)27-26(29)18-12-23(31-2)25(33-4)24(13-18)32-3/h8-13,19-21H,5-7,14-16H2,1-4H3,(H,27,29). The normalized spacial score (nSPS) is 22.4. The molecule has 0 radical (unpaired) electrons. The maximum Gasteiger partial charge on any atom is 0.251 e. The largest absolute Gasteiger partial charge is 0.497 e. The quantitative estimate of drug-likeness (QED) is 0.649. The molecule has 2 saturated heterocycles. The van der Waals surface area contributed by atoms with Gasteiger partial charge in [0.1, 0.15) is 5.75 Å². The molecule has 0 aliphatic carbocycles. The first-order chi connectivity index (χ1) is 16.1. The van der Waals surface area contributed by atoms with E-state index in [0.29, 0.717) is 34.9 Å². The highest BCUT2D eigenvalue weighted by atomic mass is 16.5. The minimum absolute atomic E-state index is 0.110. The Morgan fingerprint density at radius 3 is 2.03 bits per heavy atom. The zero-order valence-electron chi connectivity index (χ0n) is 19.9. The van der Waals surface area contributed by atoms with Gasteiger partial charge in [0, 0.05) is 30.2 Å². The molecule has 0 spiro atoms. The van der Waals surface area contributed by atoms with Crippen LogP contribution >= 0.6 is 0 Å². The van der Waals surface area contributed by atoms with Crippen molar-refractivity contribution in [3.63, 3.8) is 0 Å². The van der Waals surface area contributed by atoms with E-state index in [9.17, 15) is 4.79 Å². The maximum absolute atomic E-state index is 13.1. The number of nitrogens with one attached hydrogen (secondary N) is 1. The number of carbonyl (C=O) groups is 1. The predicted molar refractivity (Wildman–Crippen MR) is 127 cm³/mol. The molecule has 1 N–H and O–H groups in total. The molecule has 2 heterocycles. The highest BCUT2D eigenvalue weighted by Crippen LogP contribution is 2.39. The van der Waals surface area contributed by atoms with Gasteiger partial charge >= 0.3 is 0 Å². The predicted octanol–water partition coefficient (Wildman–Crippen LogP) is 4.04. The van der Waals surface area contributed by atoms with Gasteiger partial charge in [0.15, 0.2) is 11.5 Å². The van der Waals surface area contributed by atoms with Crippen molar-refractivity contribution < 1.29 is 23.7 Å². The van der Waals surface area contributed by atoms with Crippen molar-refractivity contribution >= 4 is 5.91 Å². The van der Waals surface area contributed by atoms with E-state index in [1.54, 1.807) is 40.6 Å². The number of ether oxygens (including phenoxy) is 4. The first-order valence-corrected chi connectivity index (χ1v) is 11.6. The molecule has 7 nitrogen and oxygen atoms in total. The Morgan fingerprint density at radius 1 is 0.909 bits per heavy atom. The highest BCUT2D eigenvalue weighted by molar-refractivity contribution is 5.95. The molecule has 1 amide bonds. The van der Waals surface area contributed by atoms with Gasteiger partial charge in [-0.3, -0.25) is 9.69 Å². The van der Waals surface area contributed by atoms with Crippen molar-refractivity contribution in [2.24, 2.45) is 0 Å². The fourth-order valence-corrected chi connectivity index (χ4v) is 5.28. The zero-order chi connectivity index (χ0) is 23.4. The number of hydrogen-bond acceptors (Lipinski definition) is 6. The molecule has 2 atom stereocenters. The number of methoxy groups -OCH3 is 4. The molecule has 178 valence electrons. The molecule has 2 aromatic carbocycles. The Labute approximate surface area is 196 Å². The number of piperidine rings is 2. The van der Waals surface area contributed by atoms with Gasteiger partial charge in [-0.25, -0.2) is 0 Å². The summed E-state index contributed by atoms with van der Waals surface area (Å²) in [6.45, 7) is 0.937. The highest BCUT2D eigenvalue weighted by Gasteiger charge is 2.38. The van der Waals surface area contributed by atoms with Crippen LogP contribution in [0.3, 0.4) is 0 Å². The van der Waals surface area contributed by atoms with Crippen LogP contribution < -0.4 is 24.3 Å². The second-order valence-electron chi connectivity index (χ2n) is 8.81. The van der Waals surface area contributed by atoms with Gasteiger partial charge in [-0.2, -0.15) is 0 Å². The number of fused-ring (bicyclic) bond motifs is 2. The lowest BCUT2D eigenvalue weighted by Crippen LogP contribution is -2.56. The number of amides is 1. The van der Waals surface area contributed by atoms with E-state index < -0.39 is 0 Å². The summed E-state index contributed by atoms with van der Waals surface area (Å²) in [7, 11) is 6.35. The first kappa shape index (κ1) is 23.2. The number of carbonyl (C=O) groups excluding carboxylic acids is 1. The second kappa shape index (κ2) is 10.3. The van der Waals surface area contributed by atoms with E-state index in [4.69, 9.17) is 18.9 Å². The van der Waals surface area contributed by atoms with Gasteiger partial charge in [0.05, 0.1) is 28.4 Å². The molecule has 0 aromatic heterocycles. The van der Waals surface area contributed by atoms with Crippen LogP contribution in [0.15, 0.2) is 36.4 Å². The Bertz CT molecular complexity index is 923. The summed E-state index contributed by atoms with van der Waals surface area (Å²) in [6, 6.07) is 12.9. The summed E-state index contributed by atoms with van der Waals surface area (Å²) >= 11 is 0. The molecule has 33 heavy (non-hydrogen) atoms. The third kappa shape index (κ3) is 5.03. The smallest absolute Gasteiger partial charge is 0.251 e. The Morgan fingerprint density at radius 2 is 1.52 bits per heavy atom. The molecule has 2 aliphatic rings. The number of hydrogen-bond donors (Lipinski definition) is 1. The fourth-order valence-electron chi connectivity index (χ4n) is 5.28. The Balaban J connectivity index is 1.44. The van der Waals surface area contributed by atoms with E-state index in [2.05, 4.69) is 22.3 Å². The minimum atomic E-state index is -0.110. The summed E-state index contributed by atoms with van der Waals surface area (Å²) in [5, 5.41) is 3.27. The Kier molecular flexibility index (Phi) is 7.28. The lowest BCUT2D eigenvalue weighted by Gasteiger charge is -2.49. The number of rotatable bonds is 8. The molecule has 4 rings (SSSR count). The lowest BCUT2D eigenvalue weighted by molar-refractivity contribution is 0.0177. The van der Waals surface area contributed by atoms with Gasteiger partial charge in [-0.05, 0) is 55.5 Å². The molecule has 2 fully saturated rings. The monoisotopic (exact) mass is 454 g/mol. The van der Waals surface area contributed by atoms with Crippen LogP contribution in [0.1, 0.15) is 48.0 Å². The van der Waals surface area contributed by atoms with E-state index in [0.717, 1.165) is 25.1 Å². The van der Waals surface area contributed by atoms with Gasteiger partial charge in [0.2, 0.25) is 5.75 Å². The summed E-state index contributed by atoms with van der Waals surface area (Å²) in [5.74, 6) is 2.22. The summed E-state index contributed by atoms with van der Waals surface area (Å²) < 4.78 is 21.5. The molecule has 2 aromatic rings. The van der Waals surface area contributed by atoms with Crippen molar-refractivity contribution in [1.82, 2.24) is 10.2 Å². The number of benzene rings is 2. The van der Waals surface area contributed by atoms with Crippen LogP contribution in [0.4, 0.5) is 0 Å². The average molecular weight is 455 g/mol. The molecular formula is C26H34N2O5. The van der Waals surface area contributed by atoms with E-state index >= 15 is 0 Å². The van der Waals surface area contributed by atoms with Crippen LogP contribution in [0.5, 0.6) is 23.0 Å². The molecular weight excluding hydrogens is 420 g/mol. The molecule has 2 unspecified atom stereocenters. The minimum Gasteiger partial charge on any atom is -0.497 e. The van der Waals surface area contributed by atoms with E-state index in [1.165, 1.54) is 24.8 Å². The van der Waals surface area contributed by atoms with Crippen LogP contribution in [0.25, 0.3) is 0 Å². The Hall–Kier alpha value is -2.93. The third-order valence-electron chi connectivity index (χ3n) is 6.91. The summed E-state index contributed by atoms with van der Waals surface area (Å²) in [4.78, 5) is 15.7. The first-order valence-electron chi connectivity index (χ1n) is 11.6. The van der Waals surface area contributed by atoms with Crippen LogP contribution in [0.2, 0.25) is 0 Å². The van der Waals surface area contributed by atoms with Crippen LogP contribution in [-0.2, 0) is 6.54 Å². The summed E-state index contributed by atoms with van der Waals surface area (Å²) in [6.07, 6.45) is 5.51. The van der Waals surface area contributed by atoms with Crippen LogP contribution in [0, 0.1) is 0 Å². The summed E-state index contributed by atoms with van der Waals surface area (Å²) in [5.41, 5.74) is 1.81. The van der Waals surface area contributed by atoms with Gasteiger partial charge < -0.3 is 24.3 Å². The van der Waals surface area contributed by atoms with Gasteiger partial charge in [-0.15, -0.1) is 0 Å². The van der Waals surface area contributed by atoms with Crippen molar-refractivity contribution in [1.29, 1.82) is 0 Å². The molecule has 2 bridgehead atoms. The lowest BCUT2D eigenvalue weighted by atomic mass is 9.81. The topological polar surface area (TPSA) is 69.3 Å². The SMILES string of the molecule is COc1ccc(CN2C3CCCC2CC(NC(=O)c2cc(OC)c(OC)c(OC)c2)C3)cc1. The zero-order valence-corrected chi connectivity index (χ0v) is 19.9. The third-order valence-corrected chi connectivity index (χ3v) is 6.91. The van der Waals surface area contributed by atoms with Gasteiger partial charge in [0.25, 0.3) is 5.91 Å². The van der Waals surface area contributed by atoms with E-state index in [-0.39, 0.29) is 11.9 Å². The maximum atomic E-state index is 13.1. The second-order valence-corrected chi connectivity index (χ2v) is 8.81. The molecule has 7 heteroatoms. The number of nitrogens with zero attached hydrogens (tertiary/aromatic N) is 1. The van der Waals surface area contributed by atoms with Gasteiger partial charge in [-0.1, -0.05) is 18.6 Å². The fraction of sp³-hybridized carbons (Fsp3) is 0.500. The van der Waals surface area contributed by atoms with Crippen LogP contribution in [-0.4, -0.2) is 57.4 Å². The molecule has 0 saturated carbocycles. The van der Waals surface area contributed by atoms with E-state index in [1.807, 2.05) is 12.1 Å². The van der Waals surface area contributed by atoms with Crippen molar-refractivity contribution in [2.75, 3.05) is 28.4 Å². The molecule has 2 aliphatic heterocycles. The average Bonchev–Trinajstić information content (AvgIpc) is 2.83. The van der Waals surface area contributed by atoms with Crippen molar-refractivity contribution in [3.05, 3.63) is 47.5 Å².